The van der Waals surface area contributed by atoms with Gasteiger partial charge in [0.15, 0.2) is 9.84 Å². The van der Waals surface area contributed by atoms with Crippen molar-refractivity contribution in [2.24, 2.45) is 28.6 Å². The van der Waals surface area contributed by atoms with Crippen LogP contribution in [0.25, 0.3) is 0 Å². The van der Waals surface area contributed by atoms with E-state index in [0.29, 0.717) is 38.6 Å². The average molecular weight is 862 g/mol. The van der Waals surface area contributed by atoms with Gasteiger partial charge in [-0.25, -0.2) is 13.2 Å². The molecule has 0 radical (unpaired) electrons. The third kappa shape index (κ3) is 10.9. The summed E-state index contributed by atoms with van der Waals surface area (Å²) >= 11 is 0. The number of ketones is 1. The van der Waals surface area contributed by atoms with E-state index in [-0.39, 0.29) is 54.2 Å². The van der Waals surface area contributed by atoms with Gasteiger partial charge in [-0.1, -0.05) is 85.5 Å². The van der Waals surface area contributed by atoms with E-state index < -0.39 is 78.9 Å². The number of piperidine rings is 1. The first-order valence-corrected chi connectivity index (χ1v) is 24.5. The van der Waals surface area contributed by atoms with Gasteiger partial charge in [-0.05, 0) is 102 Å². The summed E-state index contributed by atoms with van der Waals surface area (Å²) in [5.74, 6) is -3.24. The number of hydrogen-bond acceptors (Lipinski definition) is 9. The molecule has 0 aromatic carbocycles. The van der Waals surface area contributed by atoms with Crippen molar-refractivity contribution in [1.29, 1.82) is 0 Å². The highest BCUT2D eigenvalue weighted by molar-refractivity contribution is 7.92. The maximum Gasteiger partial charge on any atom is 0.315 e. The monoisotopic (exact) mass is 862 g/mol. The van der Waals surface area contributed by atoms with Gasteiger partial charge in [-0.15, -0.1) is 0 Å². The van der Waals surface area contributed by atoms with Crippen LogP contribution in [0.2, 0.25) is 0 Å². The summed E-state index contributed by atoms with van der Waals surface area (Å²) in [6.45, 7) is 16.9. The van der Waals surface area contributed by atoms with Crippen molar-refractivity contribution in [3.63, 3.8) is 0 Å². The van der Waals surface area contributed by atoms with Crippen LogP contribution in [0.4, 0.5) is 4.79 Å². The molecule has 4 aliphatic carbocycles. The number of carbonyl (C=O) groups is 6. The van der Waals surface area contributed by atoms with Gasteiger partial charge in [0, 0.05) is 13.1 Å². The lowest BCUT2D eigenvalue weighted by molar-refractivity contribution is -0.154. The lowest BCUT2D eigenvalue weighted by atomic mass is 9.70. The van der Waals surface area contributed by atoms with Gasteiger partial charge in [0.25, 0.3) is 5.91 Å². The molecule has 0 bridgehead atoms. The number of amides is 5. The van der Waals surface area contributed by atoms with E-state index in [9.17, 15) is 32.4 Å². The number of esters is 1. The number of fused-ring (bicyclic) bond motifs is 1. The van der Waals surface area contributed by atoms with E-state index in [2.05, 4.69) is 35.1 Å². The molecule has 5 atom stereocenters. The highest BCUT2D eigenvalue weighted by Gasteiger charge is 2.70. The van der Waals surface area contributed by atoms with Gasteiger partial charge < -0.3 is 30.9 Å². The minimum atomic E-state index is -3.60. The number of Topliss-reactive ketones (excluding diaryl/α,β-unsaturated/α-hetero) is 1. The molecule has 0 aromatic rings. The molecule has 4 N–H and O–H groups in total. The molecule has 5 rings (SSSR count). The van der Waals surface area contributed by atoms with E-state index in [0.717, 1.165) is 57.8 Å². The fraction of sp³-hybridized carbons (Fsp3) is 0.867. The maximum atomic E-state index is 15.1. The zero-order valence-electron chi connectivity index (χ0n) is 37.9. The summed E-state index contributed by atoms with van der Waals surface area (Å²) < 4.78 is 31.8. The molecule has 60 heavy (non-hydrogen) atoms. The van der Waals surface area contributed by atoms with Crippen LogP contribution >= 0.6 is 0 Å². The van der Waals surface area contributed by atoms with Crippen LogP contribution in [0.3, 0.4) is 0 Å². The van der Waals surface area contributed by atoms with Crippen molar-refractivity contribution in [2.75, 3.05) is 18.8 Å². The zero-order valence-corrected chi connectivity index (χ0v) is 38.7. The molecule has 5 amide bonds. The van der Waals surface area contributed by atoms with Crippen LogP contribution in [-0.2, 0) is 38.5 Å². The van der Waals surface area contributed by atoms with Crippen LogP contribution in [-0.4, -0.2) is 102 Å². The number of hydrogen-bond donors (Lipinski definition) is 4. The first-order chi connectivity index (χ1) is 27.9. The van der Waals surface area contributed by atoms with Gasteiger partial charge in [0.05, 0.1) is 28.5 Å². The molecule has 15 heteroatoms. The van der Waals surface area contributed by atoms with E-state index in [1.807, 2.05) is 13.8 Å². The molecule has 1 aliphatic heterocycles. The average Bonchev–Trinajstić information content (AvgIpc) is 3.43. The number of carbonyl (C=O) groups excluding carboxylic acids is 6. The van der Waals surface area contributed by atoms with Crippen LogP contribution in [0.1, 0.15) is 165 Å². The van der Waals surface area contributed by atoms with Crippen molar-refractivity contribution in [2.45, 2.75) is 199 Å². The molecule has 4 saturated carbocycles. The summed E-state index contributed by atoms with van der Waals surface area (Å²) in [6, 6.07) is -3.60. The fourth-order valence-electron chi connectivity index (χ4n) is 10.3. The summed E-state index contributed by atoms with van der Waals surface area (Å²) in [5.41, 5.74) is -2.52. The Bertz CT molecular complexity index is 1740. The van der Waals surface area contributed by atoms with Crippen molar-refractivity contribution in [3.8, 4) is 0 Å². The van der Waals surface area contributed by atoms with Gasteiger partial charge in [0.2, 0.25) is 17.6 Å². The van der Waals surface area contributed by atoms with Crippen molar-refractivity contribution >= 4 is 45.3 Å². The molecule has 1 heterocycles. The first kappa shape index (κ1) is 47.8. The highest BCUT2D eigenvalue weighted by atomic mass is 32.2. The second kappa shape index (κ2) is 18.2. The predicted octanol–water partition coefficient (Wildman–Crippen LogP) is 5.51. The molecular formula is C45H75N5O9S. The number of nitrogens with zero attached hydrogens (tertiary/aromatic N) is 1. The lowest BCUT2D eigenvalue weighted by Gasteiger charge is -2.44. The second-order valence-electron chi connectivity index (χ2n) is 21.4. The Kier molecular flexibility index (Phi) is 14.5. The maximum absolute atomic E-state index is 15.1. The number of nitrogens with one attached hydrogen (secondary N) is 4. The van der Waals surface area contributed by atoms with E-state index >= 15 is 4.79 Å². The summed E-state index contributed by atoms with van der Waals surface area (Å²) in [6.07, 6.45) is 11.1. The molecule has 340 valence electrons. The Labute approximate surface area is 358 Å². The Morgan fingerprint density at radius 3 is 1.98 bits per heavy atom. The van der Waals surface area contributed by atoms with Crippen LogP contribution in [0, 0.1) is 28.6 Å². The third-order valence-electron chi connectivity index (χ3n) is 15.0. The minimum Gasteiger partial charge on any atom is -0.460 e. The van der Waals surface area contributed by atoms with E-state index in [1.165, 1.54) is 0 Å². The Balaban J connectivity index is 1.36. The standard InChI is InChI=1S/C45H75N5O9S/c1-10-42(5,6)60(57,58)28-45(23-15-12-16-24-45)49-40(56)48-36(44(9)21-13-11-14-22-44)39(55)50-27-30-33(43(30,7)8)34(50)37(53)47-31(26-29-18-17-19-29)35(52)38(54)46-25-20-32(51)59-41(2,3)4/h29-31,33-34,36H,10-28H2,1-9H3,(H,46,54)(H,47,53)(H2,48,49,56)/t30-,31?,33?,34-,36+/m0/s1. The van der Waals surface area contributed by atoms with Crippen molar-refractivity contribution < 1.29 is 41.9 Å². The van der Waals surface area contributed by atoms with Crippen LogP contribution in [0.5, 0.6) is 0 Å². The number of likely N-dealkylation sites (tertiary alicyclic amines) is 1. The molecule has 14 nitrogen and oxygen atoms in total. The van der Waals surface area contributed by atoms with Crippen LogP contribution < -0.4 is 21.3 Å². The Morgan fingerprint density at radius 2 is 1.43 bits per heavy atom. The Hall–Kier alpha value is -3.23. The lowest BCUT2D eigenvalue weighted by Crippen LogP contribution is -2.65. The van der Waals surface area contributed by atoms with Gasteiger partial charge in [0.1, 0.15) is 17.7 Å². The molecule has 0 aromatic heterocycles. The van der Waals surface area contributed by atoms with Gasteiger partial charge >= 0.3 is 12.0 Å². The van der Waals surface area contributed by atoms with Crippen molar-refractivity contribution in [1.82, 2.24) is 26.2 Å². The topological polar surface area (TPSA) is 197 Å². The largest absolute Gasteiger partial charge is 0.460 e. The molecule has 1 saturated heterocycles. The number of sulfone groups is 1. The molecule has 0 spiro atoms. The highest BCUT2D eigenvalue weighted by Crippen LogP contribution is 2.65. The third-order valence-corrected chi connectivity index (χ3v) is 17.9. The van der Waals surface area contributed by atoms with E-state index in [1.54, 1.807) is 39.5 Å². The molecular weight excluding hydrogens is 787 g/mol. The van der Waals surface area contributed by atoms with Crippen LogP contribution in [0.15, 0.2) is 0 Å². The molecule has 5 aliphatic rings. The van der Waals surface area contributed by atoms with Gasteiger partial charge in [-0.3, -0.25) is 24.0 Å². The van der Waals surface area contributed by atoms with Crippen molar-refractivity contribution in [3.05, 3.63) is 0 Å². The minimum absolute atomic E-state index is 0.0282. The number of rotatable bonds is 17. The summed E-state index contributed by atoms with van der Waals surface area (Å²) in [7, 11) is -3.60. The number of urea groups is 1. The summed E-state index contributed by atoms with van der Waals surface area (Å²) in [4.78, 5) is 84.7. The smallest absolute Gasteiger partial charge is 0.315 e. The second-order valence-corrected chi connectivity index (χ2v) is 24.0. The SMILES string of the molecule is CCC(C)(C)S(=O)(=O)CC1(NC(=O)N[C@H](C(=O)N2C[C@H]3C([C@H]2C(=O)NC(CC2CCC2)C(=O)C(=O)NCCC(=O)OC(C)(C)C)C3(C)C)C2(C)CCCCC2)CCCCC1. The van der Waals surface area contributed by atoms with Gasteiger partial charge in [-0.2, -0.15) is 0 Å². The predicted molar refractivity (Wildman–Crippen MR) is 229 cm³/mol. The Morgan fingerprint density at radius 1 is 0.833 bits per heavy atom. The number of ether oxygens (including phenoxy) is 1. The normalized spacial score (nSPS) is 25.7. The summed E-state index contributed by atoms with van der Waals surface area (Å²) in [5, 5.41) is 11.6. The zero-order chi connectivity index (χ0) is 44.5. The molecule has 2 unspecified atom stereocenters. The quantitative estimate of drug-likeness (QED) is 0.108. The fourth-order valence-corrected chi connectivity index (χ4v) is 12.3. The first-order valence-electron chi connectivity index (χ1n) is 22.8. The van der Waals surface area contributed by atoms with E-state index in [4.69, 9.17) is 4.74 Å². The molecule has 5 fully saturated rings.